The lowest BCUT2D eigenvalue weighted by atomic mass is 9.94. The summed E-state index contributed by atoms with van der Waals surface area (Å²) in [7, 11) is 0. The first-order chi connectivity index (χ1) is 15.2. The fourth-order valence-corrected chi connectivity index (χ4v) is 4.94. The van der Waals surface area contributed by atoms with E-state index in [0.717, 1.165) is 10.6 Å². The van der Waals surface area contributed by atoms with Gasteiger partial charge in [0.05, 0.1) is 17.0 Å². The Morgan fingerprint density at radius 3 is 2.62 bits per heavy atom. The van der Waals surface area contributed by atoms with E-state index in [1.807, 2.05) is 35.7 Å². The molecule has 0 radical (unpaired) electrons. The molecule has 2 aromatic rings. The number of carbonyl (C=O) groups is 3. The minimum atomic E-state index is -0.643. The number of cyclic esters (lactones) is 1. The number of thiazole rings is 1. The van der Waals surface area contributed by atoms with Gasteiger partial charge in [-0.1, -0.05) is 30.3 Å². The summed E-state index contributed by atoms with van der Waals surface area (Å²) in [5.74, 6) is -1.24. The molecule has 0 unspecified atom stereocenters. The van der Waals surface area contributed by atoms with Gasteiger partial charge in [0.2, 0.25) is 5.91 Å². The molecule has 9 heteroatoms. The van der Waals surface area contributed by atoms with Gasteiger partial charge in [0.1, 0.15) is 12.2 Å². The van der Waals surface area contributed by atoms with Crippen molar-refractivity contribution in [3.63, 3.8) is 0 Å². The maximum absolute atomic E-state index is 13.6. The number of rotatable bonds is 4. The van der Waals surface area contributed by atoms with Crippen LogP contribution in [0.4, 0.5) is 9.59 Å². The molecule has 1 aromatic carbocycles. The fourth-order valence-electron chi connectivity index (χ4n) is 4.14. The topological polar surface area (TPSA) is 89.0 Å². The van der Waals surface area contributed by atoms with Gasteiger partial charge in [0, 0.05) is 30.6 Å². The van der Waals surface area contributed by atoms with Crippen molar-refractivity contribution in [2.75, 3.05) is 19.7 Å². The molecule has 2 saturated heterocycles. The zero-order valence-corrected chi connectivity index (χ0v) is 19.2. The number of ether oxygens (including phenoxy) is 2. The molecule has 2 fully saturated rings. The van der Waals surface area contributed by atoms with Crippen LogP contribution in [0.1, 0.15) is 37.3 Å². The first-order valence-corrected chi connectivity index (χ1v) is 11.5. The van der Waals surface area contributed by atoms with E-state index in [9.17, 15) is 14.4 Å². The zero-order valence-electron chi connectivity index (χ0n) is 18.4. The third kappa shape index (κ3) is 4.77. The van der Waals surface area contributed by atoms with Crippen LogP contribution in [0.25, 0.3) is 0 Å². The van der Waals surface area contributed by atoms with Crippen molar-refractivity contribution >= 4 is 29.4 Å². The van der Waals surface area contributed by atoms with E-state index < -0.39 is 23.7 Å². The molecule has 0 spiro atoms. The highest BCUT2D eigenvalue weighted by atomic mass is 32.1. The van der Waals surface area contributed by atoms with Crippen molar-refractivity contribution in [3.05, 3.63) is 52.5 Å². The van der Waals surface area contributed by atoms with Crippen LogP contribution in [-0.2, 0) is 20.7 Å². The van der Waals surface area contributed by atoms with Gasteiger partial charge in [-0.3, -0.25) is 4.79 Å². The third-order valence-electron chi connectivity index (χ3n) is 5.57. The van der Waals surface area contributed by atoms with Crippen LogP contribution in [-0.4, -0.2) is 64.2 Å². The lowest BCUT2D eigenvalue weighted by Gasteiger charge is -2.25. The summed E-state index contributed by atoms with van der Waals surface area (Å²) in [6.45, 7) is 6.04. The average Bonchev–Trinajstić information content (AvgIpc) is 3.47. The largest absolute Gasteiger partial charge is 0.447 e. The molecular weight excluding hydrogens is 430 g/mol. The monoisotopic (exact) mass is 457 g/mol. The van der Waals surface area contributed by atoms with Crippen LogP contribution in [0.2, 0.25) is 0 Å². The van der Waals surface area contributed by atoms with Crippen LogP contribution in [0.5, 0.6) is 0 Å². The average molecular weight is 458 g/mol. The molecule has 32 heavy (non-hydrogen) atoms. The van der Waals surface area contributed by atoms with Gasteiger partial charge in [-0.15, -0.1) is 11.3 Å². The van der Waals surface area contributed by atoms with Gasteiger partial charge in [0.15, 0.2) is 0 Å². The van der Waals surface area contributed by atoms with E-state index in [1.54, 1.807) is 27.0 Å². The predicted octanol–water partition coefficient (Wildman–Crippen LogP) is 3.68. The van der Waals surface area contributed by atoms with Gasteiger partial charge < -0.3 is 14.4 Å². The van der Waals surface area contributed by atoms with Crippen LogP contribution in [0, 0.1) is 5.92 Å². The number of amides is 3. The lowest BCUT2D eigenvalue weighted by Crippen LogP contribution is -2.45. The Hall–Kier alpha value is -2.94. The summed E-state index contributed by atoms with van der Waals surface area (Å²) < 4.78 is 10.8. The number of carbonyl (C=O) groups excluding carboxylic acids is 3. The highest BCUT2D eigenvalue weighted by Crippen LogP contribution is 2.37. The quantitative estimate of drug-likeness (QED) is 0.696. The molecule has 0 aliphatic carbocycles. The van der Waals surface area contributed by atoms with Gasteiger partial charge in [-0.05, 0) is 32.8 Å². The Morgan fingerprint density at radius 2 is 1.97 bits per heavy atom. The smallest absolute Gasteiger partial charge is 0.416 e. The van der Waals surface area contributed by atoms with E-state index in [1.165, 1.54) is 21.1 Å². The first-order valence-electron chi connectivity index (χ1n) is 10.6. The lowest BCUT2D eigenvalue weighted by molar-refractivity contribution is -0.133. The van der Waals surface area contributed by atoms with Crippen molar-refractivity contribution in [3.8, 4) is 0 Å². The van der Waals surface area contributed by atoms with Crippen LogP contribution in [0.3, 0.4) is 0 Å². The summed E-state index contributed by atoms with van der Waals surface area (Å²) in [5.41, 5.74) is 0.377. The SMILES string of the molecule is CC(C)(C)OC(=O)N1C[C@H](C(=O)N2C(=O)OC[C@H]2Cc2ccccc2)[C@@H](c2nccs2)C1. The summed E-state index contributed by atoms with van der Waals surface area (Å²) in [6, 6.07) is 9.31. The summed E-state index contributed by atoms with van der Waals surface area (Å²) in [6.07, 6.45) is 1.09. The normalized spacial score (nSPS) is 23.3. The van der Waals surface area contributed by atoms with E-state index in [4.69, 9.17) is 9.47 Å². The predicted molar refractivity (Wildman–Crippen MR) is 118 cm³/mol. The van der Waals surface area contributed by atoms with E-state index in [0.29, 0.717) is 13.0 Å². The van der Waals surface area contributed by atoms with Crippen molar-refractivity contribution in [2.24, 2.45) is 5.92 Å². The van der Waals surface area contributed by atoms with Crippen molar-refractivity contribution in [1.29, 1.82) is 0 Å². The molecule has 3 atom stereocenters. The van der Waals surface area contributed by atoms with E-state index >= 15 is 0 Å². The highest BCUT2D eigenvalue weighted by Gasteiger charge is 2.48. The maximum atomic E-state index is 13.6. The molecule has 1 aromatic heterocycles. The second kappa shape index (κ2) is 8.90. The fraction of sp³-hybridized carbons (Fsp3) is 0.478. The molecule has 0 saturated carbocycles. The number of imide groups is 1. The first kappa shape index (κ1) is 22.3. The van der Waals surface area contributed by atoms with Gasteiger partial charge >= 0.3 is 12.2 Å². The Kier molecular flexibility index (Phi) is 6.19. The minimum absolute atomic E-state index is 0.157. The number of nitrogens with zero attached hydrogens (tertiary/aromatic N) is 3. The van der Waals surface area contributed by atoms with Crippen molar-refractivity contribution in [1.82, 2.24) is 14.8 Å². The minimum Gasteiger partial charge on any atom is -0.447 e. The third-order valence-corrected chi connectivity index (χ3v) is 6.48. The second-order valence-electron chi connectivity index (χ2n) is 9.10. The number of aromatic nitrogens is 1. The summed E-state index contributed by atoms with van der Waals surface area (Å²) in [4.78, 5) is 46.0. The molecule has 2 aliphatic rings. The molecule has 2 aliphatic heterocycles. The molecular formula is C23H27N3O5S. The standard InChI is InChI=1S/C23H27N3O5S/c1-23(2,3)31-21(28)25-12-17(19-24-9-10-32-19)18(13-25)20(27)26-16(14-30-22(26)29)11-15-7-5-4-6-8-15/h4-10,16-18H,11-14H2,1-3H3/t16-,17+,18+/m1/s1. The molecule has 3 heterocycles. The molecule has 4 rings (SSSR count). The summed E-state index contributed by atoms with van der Waals surface area (Å²) in [5, 5.41) is 2.61. The van der Waals surface area contributed by atoms with Crippen LogP contribution in [0.15, 0.2) is 41.9 Å². The van der Waals surface area contributed by atoms with E-state index in [-0.39, 0.29) is 31.0 Å². The van der Waals surface area contributed by atoms with Gasteiger partial charge in [0.25, 0.3) is 0 Å². The Balaban J connectivity index is 1.56. The maximum Gasteiger partial charge on any atom is 0.416 e. The Morgan fingerprint density at radius 1 is 1.22 bits per heavy atom. The zero-order chi connectivity index (χ0) is 22.9. The number of hydrogen-bond donors (Lipinski definition) is 0. The van der Waals surface area contributed by atoms with E-state index in [2.05, 4.69) is 4.98 Å². The number of benzene rings is 1. The van der Waals surface area contributed by atoms with Crippen molar-refractivity contribution < 1.29 is 23.9 Å². The van der Waals surface area contributed by atoms with Crippen molar-refractivity contribution in [2.45, 2.75) is 44.8 Å². The Labute approximate surface area is 191 Å². The van der Waals surface area contributed by atoms with Gasteiger partial charge in [-0.2, -0.15) is 0 Å². The number of hydrogen-bond acceptors (Lipinski definition) is 7. The van der Waals surface area contributed by atoms with Crippen LogP contribution < -0.4 is 0 Å². The Bertz CT molecular complexity index is 973. The molecule has 8 nitrogen and oxygen atoms in total. The molecule has 0 bridgehead atoms. The molecule has 3 amide bonds. The van der Waals surface area contributed by atoms with Gasteiger partial charge in [-0.25, -0.2) is 19.5 Å². The summed E-state index contributed by atoms with van der Waals surface area (Å²) >= 11 is 1.44. The van der Waals surface area contributed by atoms with Crippen LogP contribution >= 0.6 is 11.3 Å². The number of likely N-dealkylation sites (tertiary alicyclic amines) is 1. The highest BCUT2D eigenvalue weighted by molar-refractivity contribution is 7.09. The molecule has 0 N–H and O–H groups in total. The second-order valence-corrected chi connectivity index (χ2v) is 10.0. The molecule has 170 valence electrons.